The van der Waals surface area contributed by atoms with E-state index in [1.54, 1.807) is 48.9 Å². The van der Waals surface area contributed by atoms with Gasteiger partial charge in [-0.15, -0.1) is 11.3 Å². The van der Waals surface area contributed by atoms with Gasteiger partial charge in [0.05, 0.1) is 18.8 Å². The number of thiophene rings is 1. The van der Waals surface area contributed by atoms with Crippen LogP contribution in [0.1, 0.15) is 31.1 Å². The number of carbonyl (C=O) groups is 2. The molecule has 1 aliphatic rings. The number of amides is 2. The average molecular weight is 509 g/mol. The van der Waals surface area contributed by atoms with Crippen molar-refractivity contribution in [1.29, 1.82) is 0 Å². The summed E-state index contributed by atoms with van der Waals surface area (Å²) < 4.78 is 19.7. The number of carbonyl (C=O) groups excluding carboxylic acids is 2. The van der Waals surface area contributed by atoms with Gasteiger partial charge in [0, 0.05) is 39.6 Å². The van der Waals surface area contributed by atoms with Gasteiger partial charge in [0.25, 0.3) is 5.91 Å². The molecule has 36 heavy (non-hydrogen) atoms. The number of nitrogens with zero attached hydrogens (tertiary/aromatic N) is 2. The molecule has 4 rings (SSSR count). The van der Waals surface area contributed by atoms with Gasteiger partial charge >= 0.3 is 0 Å². The fourth-order valence-electron chi connectivity index (χ4n) is 4.07. The number of hydrogen-bond donors (Lipinski definition) is 2. The lowest BCUT2D eigenvalue weighted by Crippen LogP contribution is -2.46. The van der Waals surface area contributed by atoms with E-state index >= 15 is 0 Å². The molecule has 0 radical (unpaired) electrons. The summed E-state index contributed by atoms with van der Waals surface area (Å²) in [5, 5.41) is 7.17. The molecule has 2 N–H and O–H groups in total. The third-order valence-electron chi connectivity index (χ3n) is 5.92. The topological polar surface area (TPSA) is 83.6 Å². The number of allylic oxidation sites excluding steroid dienone is 2. The number of hydrogen-bond acceptors (Lipinski definition) is 6. The Morgan fingerprint density at radius 1 is 1.28 bits per heavy atom. The number of ether oxygens (including phenoxy) is 1. The van der Waals surface area contributed by atoms with Crippen LogP contribution in [0.15, 0.2) is 72.8 Å². The monoisotopic (exact) mass is 508 g/mol. The van der Waals surface area contributed by atoms with Gasteiger partial charge in [-0.3, -0.25) is 19.5 Å². The van der Waals surface area contributed by atoms with Crippen molar-refractivity contribution < 1.29 is 18.7 Å². The SMILES string of the molecule is C=C1CCC(C(=O)NCc2cc3cnccc3s2)N1C(=O)/C(=C\C)NCCCOc1ccc(F)cc1. The molecular formula is C27H29FN4O3S. The summed E-state index contributed by atoms with van der Waals surface area (Å²) in [4.78, 5) is 33.0. The van der Waals surface area contributed by atoms with Crippen LogP contribution in [0, 0.1) is 5.82 Å². The molecule has 9 heteroatoms. The molecule has 0 aliphatic carbocycles. The predicted molar refractivity (Wildman–Crippen MR) is 139 cm³/mol. The van der Waals surface area contributed by atoms with Crippen molar-refractivity contribution in [2.24, 2.45) is 0 Å². The molecule has 2 aromatic heterocycles. The highest BCUT2D eigenvalue weighted by molar-refractivity contribution is 7.19. The zero-order valence-corrected chi connectivity index (χ0v) is 20.9. The lowest BCUT2D eigenvalue weighted by atomic mass is 10.2. The Morgan fingerprint density at radius 2 is 2.08 bits per heavy atom. The fourth-order valence-corrected chi connectivity index (χ4v) is 5.04. The van der Waals surface area contributed by atoms with Crippen molar-refractivity contribution in [2.45, 2.75) is 38.8 Å². The summed E-state index contributed by atoms with van der Waals surface area (Å²) in [7, 11) is 0. The normalized spacial score (nSPS) is 15.8. The molecule has 0 saturated carbocycles. The van der Waals surface area contributed by atoms with Gasteiger partial charge in [0.2, 0.25) is 5.91 Å². The maximum absolute atomic E-state index is 13.3. The van der Waals surface area contributed by atoms with Crippen molar-refractivity contribution in [3.05, 3.63) is 83.5 Å². The van der Waals surface area contributed by atoms with E-state index in [0.717, 1.165) is 15.0 Å². The largest absolute Gasteiger partial charge is 0.494 e. The summed E-state index contributed by atoms with van der Waals surface area (Å²) in [6, 6.07) is 9.22. The second kappa shape index (κ2) is 11.8. The second-order valence-corrected chi connectivity index (χ2v) is 9.59. The van der Waals surface area contributed by atoms with Crippen LogP contribution in [0.2, 0.25) is 0 Å². The minimum atomic E-state index is -0.598. The molecule has 188 valence electrons. The van der Waals surface area contributed by atoms with Gasteiger partial charge < -0.3 is 15.4 Å². The fraction of sp³-hybridized carbons (Fsp3) is 0.296. The molecule has 1 aliphatic heterocycles. The van der Waals surface area contributed by atoms with Gasteiger partial charge in [0.15, 0.2) is 0 Å². The van der Waals surface area contributed by atoms with Crippen molar-refractivity contribution >= 4 is 33.2 Å². The van der Waals surface area contributed by atoms with E-state index in [2.05, 4.69) is 22.2 Å². The van der Waals surface area contributed by atoms with E-state index in [4.69, 9.17) is 4.74 Å². The predicted octanol–water partition coefficient (Wildman–Crippen LogP) is 4.52. The molecule has 3 heterocycles. The quantitative estimate of drug-likeness (QED) is 0.311. The molecule has 0 spiro atoms. The van der Waals surface area contributed by atoms with Crippen LogP contribution >= 0.6 is 11.3 Å². The minimum Gasteiger partial charge on any atom is -0.494 e. The van der Waals surface area contributed by atoms with Crippen molar-refractivity contribution in [3.63, 3.8) is 0 Å². The number of aromatic nitrogens is 1. The first-order chi connectivity index (χ1) is 17.5. The summed E-state index contributed by atoms with van der Waals surface area (Å²) in [6.45, 7) is 7.11. The minimum absolute atomic E-state index is 0.194. The van der Waals surface area contributed by atoms with E-state index in [-0.39, 0.29) is 17.6 Å². The second-order valence-electron chi connectivity index (χ2n) is 8.42. The molecule has 0 bridgehead atoms. The van der Waals surface area contributed by atoms with Gasteiger partial charge in [-0.1, -0.05) is 12.7 Å². The third-order valence-corrected chi connectivity index (χ3v) is 7.04. The van der Waals surface area contributed by atoms with Crippen molar-refractivity contribution in [2.75, 3.05) is 13.2 Å². The number of rotatable bonds is 10. The lowest BCUT2D eigenvalue weighted by molar-refractivity contribution is -0.134. The van der Waals surface area contributed by atoms with E-state index < -0.39 is 6.04 Å². The number of benzene rings is 1. The molecule has 1 fully saturated rings. The molecule has 3 aromatic rings. The van der Waals surface area contributed by atoms with Crippen LogP contribution in [-0.4, -0.2) is 40.9 Å². The molecule has 1 aromatic carbocycles. The third kappa shape index (κ3) is 6.09. The first-order valence-corrected chi connectivity index (χ1v) is 12.7. The van der Waals surface area contributed by atoms with Gasteiger partial charge in [-0.25, -0.2) is 4.39 Å². The van der Waals surface area contributed by atoms with Crippen LogP contribution in [0.4, 0.5) is 4.39 Å². The number of fused-ring (bicyclic) bond motifs is 1. The Bertz CT molecular complexity index is 1240. The summed E-state index contributed by atoms with van der Waals surface area (Å²) in [6.07, 6.45) is 7.02. The average Bonchev–Trinajstić information content (AvgIpc) is 3.48. The van der Waals surface area contributed by atoms with Crippen LogP contribution in [0.5, 0.6) is 5.75 Å². The molecule has 1 unspecified atom stereocenters. The summed E-state index contributed by atoms with van der Waals surface area (Å²) in [5.74, 6) is -0.185. The summed E-state index contributed by atoms with van der Waals surface area (Å²) >= 11 is 1.61. The Morgan fingerprint density at radius 3 is 2.83 bits per heavy atom. The van der Waals surface area contributed by atoms with E-state index in [0.29, 0.717) is 56.1 Å². The Kier molecular flexibility index (Phi) is 8.32. The Balaban J connectivity index is 1.28. The first-order valence-electron chi connectivity index (χ1n) is 11.9. The van der Waals surface area contributed by atoms with Gasteiger partial charge in [0.1, 0.15) is 17.6 Å². The molecule has 7 nitrogen and oxygen atoms in total. The van der Waals surface area contributed by atoms with Crippen LogP contribution in [0.25, 0.3) is 10.1 Å². The molecule has 1 saturated heterocycles. The van der Waals surface area contributed by atoms with Crippen LogP contribution in [0.3, 0.4) is 0 Å². The van der Waals surface area contributed by atoms with E-state index in [1.165, 1.54) is 17.0 Å². The number of pyridine rings is 1. The maximum atomic E-state index is 13.3. The van der Waals surface area contributed by atoms with Crippen molar-refractivity contribution in [3.8, 4) is 5.75 Å². The van der Waals surface area contributed by atoms with Gasteiger partial charge in [-0.05, 0) is 62.6 Å². The van der Waals surface area contributed by atoms with E-state index in [9.17, 15) is 14.0 Å². The van der Waals surface area contributed by atoms with E-state index in [1.807, 2.05) is 12.1 Å². The first kappa shape index (κ1) is 25.4. The number of likely N-dealkylation sites (tertiary alicyclic amines) is 1. The lowest BCUT2D eigenvalue weighted by Gasteiger charge is -2.26. The zero-order chi connectivity index (χ0) is 25.5. The van der Waals surface area contributed by atoms with Crippen LogP contribution < -0.4 is 15.4 Å². The number of nitrogens with one attached hydrogen (secondary N) is 2. The Labute approximate surface area is 213 Å². The molecular weight excluding hydrogens is 479 g/mol. The Hall–Kier alpha value is -3.72. The standard InChI is InChI=1S/C27H29FN4O3S/c1-3-23(30-12-4-14-35-21-8-6-20(28)7-9-21)27(34)32-18(2)5-10-24(32)26(33)31-17-22-15-19-16-29-13-11-25(19)36-22/h3,6-9,11,13,15-16,24,30H,2,4-5,10,12,14,17H2,1H3,(H,31,33)/b23-3+. The van der Waals surface area contributed by atoms with Crippen LogP contribution in [-0.2, 0) is 16.1 Å². The van der Waals surface area contributed by atoms with Crippen molar-refractivity contribution in [1.82, 2.24) is 20.5 Å². The molecule has 1 atom stereocenters. The highest BCUT2D eigenvalue weighted by Gasteiger charge is 2.37. The highest BCUT2D eigenvalue weighted by atomic mass is 32.1. The zero-order valence-electron chi connectivity index (χ0n) is 20.1. The summed E-state index contributed by atoms with van der Waals surface area (Å²) in [5.41, 5.74) is 1.04. The number of halogens is 1. The highest BCUT2D eigenvalue weighted by Crippen LogP contribution is 2.28. The smallest absolute Gasteiger partial charge is 0.274 e. The van der Waals surface area contributed by atoms with Gasteiger partial charge in [-0.2, -0.15) is 0 Å². The maximum Gasteiger partial charge on any atom is 0.274 e. The molecule has 2 amide bonds.